The Kier molecular flexibility index (Phi) is 5.24. The van der Waals surface area contributed by atoms with Crippen LogP contribution in [0.4, 0.5) is 0 Å². The van der Waals surface area contributed by atoms with Crippen molar-refractivity contribution in [1.29, 1.82) is 0 Å². The summed E-state index contributed by atoms with van der Waals surface area (Å²) in [6.07, 6.45) is 2.64. The molecule has 0 aliphatic carbocycles. The molecule has 0 N–H and O–H groups in total. The highest BCUT2D eigenvalue weighted by Gasteiger charge is 2.18. The van der Waals surface area contributed by atoms with E-state index in [9.17, 15) is 8.42 Å². The summed E-state index contributed by atoms with van der Waals surface area (Å²) in [5.74, 6) is 1.26. The number of ether oxygens (including phenoxy) is 1. The Morgan fingerprint density at radius 1 is 1.38 bits per heavy atom. The largest absolute Gasteiger partial charge is 0.385 e. The molecular formula is C14H19ClN2O3S. The van der Waals surface area contributed by atoms with Gasteiger partial charge in [-0.3, -0.25) is 0 Å². The normalized spacial score (nSPS) is 12.1. The van der Waals surface area contributed by atoms with Crippen LogP contribution in [0.25, 0.3) is 11.0 Å². The number of benzene rings is 1. The van der Waals surface area contributed by atoms with Crippen LogP contribution in [-0.4, -0.2) is 43.8 Å². The fourth-order valence-electron chi connectivity index (χ4n) is 2.36. The van der Waals surface area contributed by atoms with Crippen molar-refractivity contribution in [1.82, 2.24) is 9.55 Å². The van der Waals surface area contributed by atoms with Crippen LogP contribution in [0.2, 0.25) is 0 Å². The van der Waals surface area contributed by atoms with Crippen LogP contribution in [0.1, 0.15) is 12.2 Å². The van der Waals surface area contributed by atoms with Crippen LogP contribution in [0, 0.1) is 0 Å². The first kappa shape index (κ1) is 16.3. The molecule has 21 heavy (non-hydrogen) atoms. The van der Waals surface area contributed by atoms with Gasteiger partial charge < -0.3 is 9.30 Å². The minimum absolute atomic E-state index is 0.265. The molecule has 1 heterocycles. The molecule has 0 amide bonds. The van der Waals surface area contributed by atoms with Gasteiger partial charge >= 0.3 is 0 Å². The summed E-state index contributed by atoms with van der Waals surface area (Å²) in [5, 5.41) is 0. The van der Waals surface area contributed by atoms with E-state index < -0.39 is 9.84 Å². The molecule has 0 unspecified atom stereocenters. The van der Waals surface area contributed by atoms with Gasteiger partial charge in [-0.15, -0.1) is 11.6 Å². The third-order valence-corrected chi connectivity index (χ3v) is 4.59. The number of halogens is 1. The van der Waals surface area contributed by atoms with E-state index >= 15 is 0 Å². The van der Waals surface area contributed by atoms with E-state index in [4.69, 9.17) is 16.3 Å². The third kappa shape index (κ3) is 3.56. The topological polar surface area (TPSA) is 61.2 Å². The number of fused-ring (bicyclic) bond motifs is 1. The maximum atomic E-state index is 11.9. The van der Waals surface area contributed by atoms with Gasteiger partial charge in [0.2, 0.25) is 0 Å². The predicted molar refractivity (Wildman–Crippen MR) is 83.8 cm³/mol. The molecule has 0 spiro atoms. The second-order valence-electron chi connectivity index (χ2n) is 4.86. The summed E-state index contributed by atoms with van der Waals surface area (Å²) < 4.78 is 30.9. The zero-order valence-corrected chi connectivity index (χ0v) is 13.7. The average molecular weight is 331 g/mol. The highest BCUT2D eigenvalue weighted by Crippen LogP contribution is 2.24. The summed E-state index contributed by atoms with van der Waals surface area (Å²) >= 11 is 5.83. The van der Waals surface area contributed by atoms with Crippen LogP contribution < -0.4 is 0 Å². The van der Waals surface area contributed by atoms with Gasteiger partial charge in [-0.25, -0.2) is 13.4 Å². The van der Waals surface area contributed by atoms with Gasteiger partial charge in [0.05, 0.1) is 10.4 Å². The minimum Gasteiger partial charge on any atom is -0.385 e. The number of alkyl halides is 1. The Morgan fingerprint density at radius 2 is 2.14 bits per heavy atom. The van der Waals surface area contributed by atoms with Gasteiger partial charge in [0.25, 0.3) is 0 Å². The van der Waals surface area contributed by atoms with E-state index in [0.717, 1.165) is 24.3 Å². The fourth-order valence-corrected chi connectivity index (χ4v) is 3.36. The van der Waals surface area contributed by atoms with Crippen molar-refractivity contribution in [3.63, 3.8) is 0 Å². The molecule has 1 aromatic heterocycles. The van der Waals surface area contributed by atoms with Gasteiger partial charge in [0.15, 0.2) is 9.84 Å². The molecule has 0 saturated carbocycles. The molecule has 0 radical (unpaired) electrons. The van der Waals surface area contributed by atoms with E-state index in [1.165, 1.54) is 6.26 Å². The molecule has 0 atom stereocenters. The molecule has 0 fully saturated rings. The minimum atomic E-state index is -3.31. The first-order valence-corrected chi connectivity index (χ1v) is 9.14. The van der Waals surface area contributed by atoms with Crippen molar-refractivity contribution in [2.45, 2.75) is 24.3 Å². The number of methoxy groups -OCH3 is 1. The quantitative estimate of drug-likeness (QED) is 0.577. The summed E-state index contributed by atoms with van der Waals surface area (Å²) in [7, 11) is -1.65. The number of aromatic nitrogens is 2. The second-order valence-corrected chi connectivity index (χ2v) is 7.22. The maximum absolute atomic E-state index is 11.9. The van der Waals surface area contributed by atoms with Crippen molar-refractivity contribution in [2.75, 3.05) is 25.9 Å². The van der Waals surface area contributed by atoms with Gasteiger partial charge in [0.1, 0.15) is 11.3 Å². The van der Waals surface area contributed by atoms with Gasteiger partial charge in [0, 0.05) is 38.8 Å². The number of hydrogen-bond acceptors (Lipinski definition) is 4. The van der Waals surface area contributed by atoms with Crippen LogP contribution in [-0.2, 0) is 27.5 Å². The van der Waals surface area contributed by atoms with E-state index in [2.05, 4.69) is 4.98 Å². The standard InChI is InChI=1S/C14H19ClN2O3S/c1-20-10-4-9-17-11-5-3-6-12(21(2,18)19)14(11)16-13(17)7-8-15/h3,5-6H,4,7-10H2,1-2H3. The monoisotopic (exact) mass is 330 g/mol. The third-order valence-electron chi connectivity index (χ3n) is 3.27. The number of rotatable bonds is 7. The Morgan fingerprint density at radius 3 is 2.76 bits per heavy atom. The highest BCUT2D eigenvalue weighted by molar-refractivity contribution is 7.91. The summed E-state index contributed by atoms with van der Waals surface area (Å²) in [5.41, 5.74) is 1.35. The van der Waals surface area contributed by atoms with E-state index in [0.29, 0.717) is 24.4 Å². The Bertz CT molecular complexity index is 725. The van der Waals surface area contributed by atoms with Crippen molar-refractivity contribution < 1.29 is 13.2 Å². The Balaban J connectivity index is 2.56. The zero-order chi connectivity index (χ0) is 15.5. The molecule has 0 saturated heterocycles. The van der Waals surface area contributed by atoms with Crippen molar-refractivity contribution >= 4 is 32.5 Å². The lowest BCUT2D eigenvalue weighted by molar-refractivity contribution is 0.190. The van der Waals surface area contributed by atoms with Crippen LogP contribution in [0.5, 0.6) is 0 Å². The summed E-state index contributed by atoms with van der Waals surface area (Å²) in [6, 6.07) is 5.23. The number of imidazole rings is 1. The van der Waals surface area contributed by atoms with Crippen LogP contribution >= 0.6 is 11.6 Å². The van der Waals surface area contributed by atoms with E-state index in [-0.39, 0.29) is 4.90 Å². The van der Waals surface area contributed by atoms with Gasteiger partial charge in [-0.2, -0.15) is 0 Å². The molecule has 7 heteroatoms. The SMILES string of the molecule is COCCCn1c(CCCl)nc2c(S(C)(=O)=O)cccc21. The summed E-state index contributed by atoms with van der Waals surface area (Å²) in [4.78, 5) is 4.77. The average Bonchev–Trinajstić information content (AvgIpc) is 2.76. The molecule has 2 rings (SSSR count). The first-order chi connectivity index (χ1) is 9.99. The van der Waals surface area contributed by atoms with Crippen molar-refractivity contribution in [3.05, 3.63) is 24.0 Å². The number of sulfone groups is 1. The zero-order valence-electron chi connectivity index (χ0n) is 12.2. The van der Waals surface area contributed by atoms with E-state index in [1.54, 1.807) is 19.2 Å². The molecule has 2 aromatic rings. The molecule has 5 nitrogen and oxygen atoms in total. The van der Waals surface area contributed by atoms with Crippen molar-refractivity contribution in [2.24, 2.45) is 0 Å². The predicted octanol–water partition coefficient (Wildman–Crippen LogP) is 2.26. The fraction of sp³-hybridized carbons (Fsp3) is 0.500. The molecule has 0 aliphatic rings. The van der Waals surface area contributed by atoms with Crippen LogP contribution in [0.15, 0.2) is 23.1 Å². The maximum Gasteiger partial charge on any atom is 0.177 e. The van der Waals surface area contributed by atoms with E-state index in [1.807, 2.05) is 10.6 Å². The lowest BCUT2D eigenvalue weighted by atomic mass is 10.3. The number of para-hydroxylation sites is 1. The number of aryl methyl sites for hydroxylation is 2. The number of hydrogen-bond donors (Lipinski definition) is 0. The number of nitrogens with zero attached hydrogens (tertiary/aromatic N) is 2. The molecule has 1 aromatic carbocycles. The van der Waals surface area contributed by atoms with Crippen LogP contribution in [0.3, 0.4) is 0 Å². The molecule has 0 aliphatic heterocycles. The Hall–Kier alpha value is -1.11. The summed E-state index contributed by atoms with van der Waals surface area (Å²) in [6.45, 7) is 1.37. The second kappa shape index (κ2) is 6.77. The van der Waals surface area contributed by atoms with Crippen molar-refractivity contribution in [3.8, 4) is 0 Å². The Labute approximate surface area is 129 Å². The lowest BCUT2D eigenvalue weighted by Crippen LogP contribution is -2.06. The van der Waals surface area contributed by atoms with Gasteiger partial charge in [-0.05, 0) is 18.6 Å². The van der Waals surface area contributed by atoms with Gasteiger partial charge in [-0.1, -0.05) is 6.07 Å². The smallest absolute Gasteiger partial charge is 0.177 e. The first-order valence-electron chi connectivity index (χ1n) is 6.72. The lowest BCUT2D eigenvalue weighted by Gasteiger charge is -2.08. The molecule has 0 bridgehead atoms. The molecule has 116 valence electrons. The highest BCUT2D eigenvalue weighted by atomic mass is 35.5. The molecular weight excluding hydrogens is 312 g/mol.